The molecule has 0 N–H and O–H groups in total. The molecule has 2 aromatic rings. The van der Waals surface area contributed by atoms with E-state index in [1.165, 1.54) is 13.0 Å². The number of aryl methyl sites for hydroxylation is 1. The van der Waals surface area contributed by atoms with Gasteiger partial charge in [0.2, 0.25) is 0 Å². The summed E-state index contributed by atoms with van der Waals surface area (Å²) in [6.45, 7) is 5.57. The number of rotatable bonds is 2. The monoisotopic (exact) mass is 274 g/mol. The van der Waals surface area contributed by atoms with E-state index in [9.17, 15) is 9.59 Å². The molecule has 5 nitrogen and oxygen atoms in total. The van der Waals surface area contributed by atoms with Crippen molar-refractivity contribution in [2.24, 2.45) is 0 Å². The molecule has 0 spiro atoms. The highest BCUT2D eigenvalue weighted by atomic mass is 16.6. The van der Waals surface area contributed by atoms with Gasteiger partial charge in [0.05, 0.1) is 12.2 Å². The molecule has 1 saturated heterocycles. The average molecular weight is 274 g/mol. The fraction of sp³-hybridized carbons (Fsp3) is 0.333. The number of fused-ring (bicyclic) bond motifs is 1. The summed E-state index contributed by atoms with van der Waals surface area (Å²) in [6.07, 6.45) is 0. The van der Waals surface area contributed by atoms with Crippen LogP contribution in [0, 0.1) is 6.92 Å². The number of epoxide rings is 1. The average Bonchev–Trinajstić information content (AvgIpc) is 3.06. The van der Waals surface area contributed by atoms with Crippen LogP contribution in [0.5, 0.6) is 5.75 Å². The molecule has 0 bridgehead atoms. The second-order valence-electron chi connectivity index (χ2n) is 5.18. The maximum Gasteiger partial charge on any atom is 0.336 e. The molecule has 0 aliphatic carbocycles. The van der Waals surface area contributed by atoms with Crippen LogP contribution in [-0.4, -0.2) is 12.6 Å². The molecule has 1 atom stereocenters. The third-order valence-electron chi connectivity index (χ3n) is 3.44. The number of hydrogen-bond acceptors (Lipinski definition) is 5. The molecule has 2 heterocycles. The lowest BCUT2D eigenvalue weighted by atomic mass is 9.95. The van der Waals surface area contributed by atoms with Gasteiger partial charge in [0.1, 0.15) is 16.9 Å². The zero-order valence-corrected chi connectivity index (χ0v) is 11.5. The first-order valence-corrected chi connectivity index (χ1v) is 6.31. The predicted octanol–water partition coefficient (Wildman–Crippen LogP) is 2.27. The second kappa shape index (κ2) is 4.18. The molecule has 20 heavy (non-hydrogen) atoms. The molecular formula is C15H14O5. The topological polar surface area (TPSA) is 69.0 Å². The molecule has 1 aromatic carbocycles. The van der Waals surface area contributed by atoms with Crippen LogP contribution >= 0.6 is 0 Å². The molecule has 0 radical (unpaired) electrons. The summed E-state index contributed by atoms with van der Waals surface area (Å²) in [5, 5.41) is 0.812. The van der Waals surface area contributed by atoms with Crippen LogP contribution in [0.4, 0.5) is 0 Å². The molecule has 0 amide bonds. The van der Waals surface area contributed by atoms with Gasteiger partial charge in [-0.1, -0.05) is 0 Å². The van der Waals surface area contributed by atoms with Gasteiger partial charge in [-0.05, 0) is 31.5 Å². The minimum Gasteiger partial charge on any atom is -0.426 e. The van der Waals surface area contributed by atoms with Gasteiger partial charge in [-0.25, -0.2) is 4.79 Å². The number of carbonyl (C=O) groups excluding carboxylic acids is 1. The minimum atomic E-state index is -0.575. The summed E-state index contributed by atoms with van der Waals surface area (Å²) in [7, 11) is 0. The van der Waals surface area contributed by atoms with E-state index in [4.69, 9.17) is 13.9 Å². The molecule has 104 valence electrons. The van der Waals surface area contributed by atoms with Crippen molar-refractivity contribution in [3.63, 3.8) is 0 Å². The molecule has 1 aromatic heterocycles. The summed E-state index contributed by atoms with van der Waals surface area (Å²) in [5.74, 6) is -0.0376. The molecule has 3 rings (SSSR count). The lowest BCUT2D eigenvalue weighted by molar-refractivity contribution is -0.131. The van der Waals surface area contributed by atoms with Gasteiger partial charge in [0.15, 0.2) is 0 Å². The maximum atomic E-state index is 11.5. The standard InChI is InChI=1S/C15H14O5/c1-8-6-11(19-9(2)16)13(15(3)7-18-15)14-10(8)4-5-12(17)20-14/h4-6H,7H2,1-3H3. The molecule has 5 heteroatoms. The van der Waals surface area contributed by atoms with E-state index in [1.54, 1.807) is 12.1 Å². The quantitative estimate of drug-likeness (QED) is 0.363. The first-order valence-electron chi connectivity index (χ1n) is 6.31. The highest BCUT2D eigenvalue weighted by Gasteiger charge is 2.46. The van der Waals surface area contributed by atoms with Crippen molar-refractivity contribution in [2.75, 3.05) is 6.61 Å². The number of hydrogen-bond donors (Lipinski definition) is 0. The van der Waals surface area contributed by atoms with E-state index in [0.717, 1.165) is 10.9 Å². The highest BCUT2D eigenvalue weighted by Crippen LogP contribution is 2.47. The Balaban J connectivity index is 2.38. The third kappa shape index (κ3) is 2.00. The Labute approximate surface area is 115 Å². The number of esters is 1. The third-order valence-corrected chi connectivity index (χ3v) is 3.44. The van der Waals surface area contributed by atoms with Crippen molar-refractivity contribution in [2.45, 2.75) is 26.4 Å². The van der Waals surface area contributed by atoms with Gasteiger partial charge >= 0.3 is 11.6 Å². The largest absolute Gasteiger partial charge is 0.426 e. The Kier molecular flexibility index (Phi) is 2.69. The van der Waals surface area contributed by atoms with Crippen LogP contribution in [0.1, 0.15) is 25.0 Å². The number of carbonyl (C=O) groups is 1. The Morgan fingerprint density at radius 1 is 1.40 bits per heavy atom. The second-order valence-corrected chi connectivity index (χ2v) is 5.18. The van der Waals surface area contributed by atoms with Gasteiger partial charge in [-0.15, -0.1) is 0 Å². The van der Waals surface area contributed by atoms with Gasteiger partial charge in [0, 0.05) is 18.4 Å². The Morgan fingerprint density at radius 3 is 2.70 bits per heavy atom. The Morgan fingerprint density at radius 2 is 2.10 bits per heavy atom. The van der Waals surface area contributed by atoms with Crippen molar-refractivity contribution in [1.29, 1.82) is 0 Å². The zero-order valence-electron chi connectivity index (χ0n) is 11.5. The van der Waals surface area contributed by atoms with Crippen LogP contribution in [0.3, 0.4) is 0 Å². The van der Waals surface area contributed by atoms with E-state index in [-0.39, 0.29) is 0 Å². The van der Waals surface area contributed by atoms with E-state index >= 15 is 0 Å². The molecule has 1 fully saturated rings. The predicted molar refractivity (Wildman–Crippen MR) is 71.8 cm³/mol. The van der Waals surface area contributed by atoms with E-state index in [2.05, 4.69) is 0 Å². The van der Waals surface area contributed by atoms with E-state index < -0.39 is 17.2 Å². The van der Waals surface area contributed by atoms with Crippen LogP contribution in [0.15, 0.2) is 27.4 Å². The summed E-state index contributed by atoms with van der Waals surface area (Å²) >= 11 is 0. The maximum absolute atomic E-state index is 11.5. The summed E-state index contributed by atoms with van der Waals surface area (Å²) < 4.78 is 16.0. The van der Waals surface area contributed by atoms with E-state index in [1.807, 2.05) is 13.8 Å². The minimum absolute atomic E-state index is 0.386. The van der Waals surface area contributed by atoms with Gasteiger partial charge < -0.3 is 13.9 Å². The summed E-state index contributed by atoms with van der Waals surface area (Å²) in [4.78, 5) is 22.8. The Hall–Kier alpha value is -2.14. The normalized spacial score (nSPS) is 20.9. The zero-order chi connectivity index (χ0) is 14.5. The lowest BCUT2D eigenvalue weighted by Crippen LogP contribution is -2.12. The molecule has 1 unspecified atom stereocenters. The van der Waals surface area contributed by atoms with Crippen molar-refractivity contribution in [3.05, 3.63) is 39.7 Å². The number of ether oxygens (including phenoxy) is 2. The number of benzene rings is 1. The molecule has 1 aliphatic heterocycles. The molecule has 0 saturated carbocycles. The fourth-order valence-electron chi connectivity index (χ4n) is 2.36. The van der Waals surface area contributed by atoms with Gasteiger partial charge in [0.25, 0.3) is 0 Å². The van der Waals surface area contributed by atoms with Crippen molar-refractivity contribution >= 4 is 16.9 Å². The van der Waals surface area contributed by atoms with Crippen molar-refractivity contribution < 1.29 is 18.7 Å². The molecule has 1 aliphatic rings. The van der Waals surface area contributed by atoms with Gasteiger partial charge in [-0.3, -0.25) is 4.79 Å². The van der Waals surface area contributed by atoms with E-state index in [0.29, 0.717) is 23.5 Å². The lowest BCUT2D eigenvalue weighted by Gasteiger charge is -2.15. The van der Waals surface area contributed by atoms with Crippen LogP contribution in [0.2, 0.25) is 0 Å². The van der Waals surface area contributed by atoms with Crippen LogP contribution in [0.25, 0.3) is 11.0 Å². The summed E-state index contributed by atoms with van der Waals surface area (Å²) in [5.41, 5.74) is 0.892. The van der Waals surface area contributed by atoms with Crippen LogP contribution < -0.4 is 10.4 Å². The fourth-order valence-corrected chi connectivity index (χ4v) is 2.36. The SMILES string of the molecule is CC(=O)Oc1cc(C)c2ccc(=O)oc2c1C1(C)CO1. The van der Waals surface area contributed by atoms with Crippen LogP contribution in [-0.2, 0) is 15.1 Å². The first-order chi connectivity index (χ1) is 9.40. The first kappa shape index (κ1) is 12.9. The summed E-state index contributed by atoms with van der Waals surface area (Å²) in [6, 6.07) is 4.86. The van der Waals surface area contributed by atoms with Crippen molar-refractivity contribution in [1.82, 2.24) is 0 Å². The molecular weight excluding hydrogens is 260 g/mol. The Bertz CT molecular complexity index is 768. The van der Waals surface area contributed by atoms with Crippen molar-refractivity contribution in [3.8, 4) is 5.75 Å². The van der Waals surface area contributed by atoms with Gasteiger partial charge in [-0.2, -0.15) is 0 Å². The highest BCUT2D eigenvalue weighted by molar-refractivity contribution is 5.87. The smallest absolute Gasteiger partial charge is 0.336 e.